The number of rotatable bonds is 7. The fourth-order valence-corrected chi connectivity index (χ4v) is 7.77. The topological polar surface area (TPSA) is 16.4 Å². The number of hydrogen-bond donors (Lipinski definition) is 0. The van der Waals surface area contributed by atoms with E-state index in [0.717, 1.165) is 39.0 Å². The van der Waals surface area contributed by atoms with E-state index < -0.39 is 0 Å². The van der Waals surface area contributed by atoms with Gasteiger partial charge in [-0.2, -0.15) is 0 Å². The van der Waals surface area contributed by atoms with Gasteiger partial charge in [-0.05, 0) is 104 Å². The summed E-state index contributed by atoms with van der Waals surface area (Å²) in [4.78, 5) is 2.33. The smallest absolute Gasteiger partial charge is 0.159 e. The van der Waals surface area contributed by atoms with Crippen LogP contribution in [-0.2, 0) is 0 Å². The average Bonchev–Trinajstić information content (AvgIpc) is 3.64. The molecule has 10 rings (SSSR count). The molecule has 0 bridgehead atoms. The van der Waals surface area contributed by atoms with E-state index in [1.165, 1.54) is 55.3 Å². The molecule has 0 spiro atoms. The third-order valence-corrected chi connectivity index (χ3v) is 10.5. The van der Waals surface area contributed by atoms with Gasteiger partial charge in [-0.25, -0.2) is 0 Å². The van der Waals surface area contributed by atoms with Crippen molar-refractivity contribution >= 4 is 49.8 Å². The molecule has 0 fully saturated rings. The molecule has 254 valence electrons. The zero-order valence-corrected chi connectivity index (χ0v) is 29.6. The molecule has 9 aromatic carbocycles. The monoisotopic (exact) mass is 689 g/mol. The first kappa shape index (κ1) is 31.6. The molecule has 0 atom stereocenters. The Morgan fingerprint density at radius 2 is 0.833 bits per heavy atom. The molecule has 0 unspecified atom stereocenters. The second-order valence-electron chi connectivity index (χ2n) is 13.7. The van der Waals surface area contributed by atoms with Crippen LogP contribution in [0.2, 0.25) is 0 Å². The highest BCUT2D eigenvalue weighted by Gasteiger charge is 2.21. The zero-order chi connectivity index (χ0) is 35.8. The van der Waals surface area contributed by atoms with E-state index in [1.807, 2.05) is 12.1 Å². The van der Waals surface area contributed by atoms with E-state index >= 15 is 0 Å². The van der Waals surface area contributed by atoms with Gasteiger partial charge in [0.15, 0.2) is 5.58 Å². The zero-order valence-electron chi connectivity index (χ0n) is 29.6. The van der Waals surface area contributed by atoms with E-state index in [1.54, 1.807) is 0 Å². The number of nitrogens with zero attached hydrogens (tertiary/aromatic N) is 1. The molecule has 0 saturated carbocycles. The number of fused-ring (bicyclic) bond motifs is 4. The molecular formula is C52H35NO. The Hall–Kier alpha value is -7.16. The molecule has 1 aromatic heterocycles. The average molecular weight is 690 g/mol. The number of anilines is 3. The van der Waals surface area contributed by atoms with Crippen LogP contribution < -0.4 is 4.90 Å². The van der Waals surface area contributed by atoms with Gasteiger partial charge in [-0.15, -0.1) is 0 Å². The van der Waals surface area contributed by atoms with Gasteiger partial charge in [-0.3, -0.25) is 0 Å². The molecule has 10 aromatic rings. The van der Waals surface area contributed by atoms with Gasteiger partial charge < -0.3 is 9.32 Å². The van der Waals surface area contributed by atoms with Crippen molar-refractivity contribution in [1.29, 1.82) is 0 Å². The number of para-hydroxylation sites is 2. The highest BCUT2D eigenvalue weighted by atomic mass is 16.3. The van der Waals surface area contributed by atoms with Crippen LogP contribution in [0.4, 0.5) is 17.1 Å². The lowest BCUT2D eigenvalue weighted by Gasteiger charge is -2.27. The highest BCUT2D eigenvalue weighted by molar-refractivity contribution is 6.10. The van der Waals surface area contributed by atoms with Gasteiger partial charge in [0.1, 0.15) is 5.58 Å². The number of furan rings is 1. The molecule has 0 amide bonds. The molecular weight excluding hydrogens is 655 g/mol. The predicted octanol–water partition coefficient (Wildman–Crippen LogP) is 14.9. The third kappa shape index (κ3) is 5.71. The van der Waals surface area contributed by atoms with Crippen molar-refractivity contribution in [3.63, 3.8) is 0 Å². The van der Waals surface area contributed by atoms with E-state index in [2.05, 4.69) is 205 Å². The summed E-state index contributed by atoms with van der Waals surface area (Å²) >= 11 is 0. The van der Waals surface area contributed by atoms with Gasteiger partial charge in [0.05, 0.1) is 5.69 Å². The Balaban J connectivity index is 1.11. The van der Waals surface area contributed by atoms with Crippen LogP contribution in [0.1, 0.15) is 0 Å². The lowest BCUT2D eigenvalue weighted by molar-refractivity contribution is 0.669. The van der Waals surface area contributed by atoms with E-state index in [-0.39, 0.29) is 0 Å². The van der Waals surface area contributed by atoms with Crippen molar-refractivity contribution in [3.8, 4) is 44.5 Å². The summed E-state index contributed by atoms with van der Waals surface area (Å²) < 4.78 is 6.64. The molecule has 0 aliphatic carbocycles. The van der Waals surface area contributed by atoms with Crippen LogP contribution in [0, 0.1) is 0 Å². The second-order valence-corrected chi connectivity index (χ2v) is 13.7. The van der Waals surface area contributed by atoms with Crippen molar-refractivity contribution < 1.29 is 4.42 Å². The van der Waals surface area contributed by atoms with E-state index in [9.17, 15) is 0 Å². The van der Waals surface area contributed by atoms with Crippen LogP contribution in [0.5, 0.6) is 0 Å². The van der Waals surface area contributed by atoms with Crippen molar-refractivity contribution in [2.45, 2.75) is 0 Å². The minimum absolute atomic E-state index is 0.862. The van der Waals surface area contributed by atoms with Crippen molar-refractivity contribution in [1.82, 2.24) is 0 Å². The first-order valence-corrected chi connectivity index (χ1v) is 18.4. The van der Waals surface area contributed by atoms with Crippen LogP contribution in [0.15, 0.2) is 217 Å². The van der Waals surface area contributed by atoms with Crippen LogP contribution in [0.25, 0.3) is 77.2 Å². The standard InChI is InChI=1S/C52H35NO/c1-4-13-36(14-5-1)40-23-25-43-34-41(24-26-42(43)33-40)37-27-29-44(30-28-37)53(50-21-12-20-48-47-19-10-11-22-51(47)54-52(48)50)45-31-32-46(38-15-6-2-7-16-38)49(35-45)39-17-8-3-9-18-39/h1-35H. The predicted molar refractivity (Wildman–Crippen MR) is 228 cm³/mol. The van der Waals surface area contributed by atoms with Crippen molar-refractivity contribution in [2.75, 3.05) is 4.90 Å². The van der Waals surface area contributed by atoms with Crippen LogP contribution >= 0.6 is 0 Å². The fraction of sp³-hybridized carbons (Fsp3) is 0. The SMILES string of the molecule is c1ccc(-c2ccc3cc(-c4ccc(N(c5ccc(-c6ccccc6)c(-c6ccccc6)c5)c5cccc6c5oc5ccccc56)cc4)ccc3c2)cc1. The molecule has 0 aliphatic heterocycles. The summed E-state index contributed by atoms with van der Waals surface area (Å²) in [5.74, 6) is 0. The molecule has 0 aliphatic rings. The summed E-state index contributed by atoms with van der Waals surface area (Å²) in [7, 11) is 0. The Morgan fingerprint density at radius 1 is 0.315 bits per heavy atom. The van der Waals surface area contributed by atoms with Crippen LogP contribution in [-0.4, -0.2) is 0 Å². The normalized spacial score (nSPS) is 11.3. The lowest BCUT2D eigenvalue weighted by Crippen LogP contribution is -2.10. The maximum Gasteiger partial charge on any atom is 0.159 e. The Labute approximate surface area is 314 Å². The summed E-state index contributed by atoms with van der Waals surface area (Å²) in [6.45, 7) is 0. The maximum absolute atomic E-state index is 6.64. The summed E-state index contributed by atoms with van der Waals surface area (Å²) in [6.07, 6.45) is 0. The van der Waals surface area contributed by atoms with Gasteiger partial charge in [-0.1, -0.05) is 164 Å². The second kappa shape index (κ2) is 13.4. The quantitative estimate of drug-likeness (QED) is 0.166. The largest absolute Gasteiger partial charge is 0.454 e. The molecule has 54 heavy (non-hydrogen) atoms. The third-order valence-electron chi connectivity index (χ3n) is 10.5. The Kier molecular flexibility index (Phi) is 7.85. The number of benzene rings is 9. The van der Waals surface area contributed by atoms with Crippen molar-refractivity contribution in [2.24, 2.45) is 0 Å². The van der Waals surface area contributed by atoms with Gasteiger partial charge >= 0.3 is 0 Å². The summed E-state index contributed by atoms with van der Waals surface area (Å²) in [5, 5.41) is 4.66. The molecule has 1 heterocycles. The van der Waals surface area contributed by atoms with Gasteiger partial charge in [0.25, 0.3) is 0 Å². The van der Waals surface area contributed by atoms with E-state index in [4.69, 9.17) is 4.42 Å². The van der Waals surface area contributed by atoms with E-state index in [0.29, 0.717) is 0 Å². The summed E-state index contributed by atoms with van der Waals surface area (Å²) in [5.41, 5.74) is 14.4. The lowest BCUT2D eigenvalue weighted by atomic mass is 9.93. The van der Waals surface area contributed by atoms with Crippen LogP contribution in [0.3, 0.4) is 0 Å². The fourth-order valence-electron chi connectivity index (χ4n) is 7.77. The van der Waals surface area contributed by atoms with Gasteiger partial charge in [0, 0.05) is 22.1 Å². The Bertz CT molecular complexity index is 2910. The Morgan fingerprint density at radius 3 is 1.50 bits per heavy atom. The molecule has 0 radical (unpaired) electrons. The van der Waals surface area contributed by atoms with Crippen molar-refractivity contribution in [3.05, 3.63) is 212 Å². The minimum Gasteiger partial charge on any atom is -0.454 e. The molecule has 0 saturated heterocycles. The molecule has 2 nitrogen and oxygen atoms in total. The maximum atomic E-state index is 6.64. The molecule has 0 N–H and O–H groups in total. The first-order valence-electron chi connectivity index (χ1n) is 18.4. The van der Waals surface area contributed by atoms with Gasteiger partial charge in [0.2, 0.25) is 0 Å². The minimum atomic E-state index is 0.862. The highest BCUT2D eigenvalue weighted by Crippen LogP contribution is 2.45. The number of hydrogen-bond acceptors (Lipinski definition) is 2. The summed E-state index contributed by atoms with van der Waals surface area (Å²) in [6, 6.07) is 75.8. The first-order chi connectivity index (χ1) is 26.8. The molecule has 2 heteroatoms.